The van der Waals surface area contributed by atoms with Gasteiger partial charge in [0.05, 0.1) is 1.37 Å². The van der Waals surface area contributed by atoms with Gasteiger partial charge in [0.15, 0.2) is 2.82 Å². The van der Waals surface area contributed by atoms with E-state index in [9.17, 15) is 9.59 Å². The molecule has 0 saturated carbocycles. The average molecular weight is 163 g/mol. The summed E-state index contributed by atoms with van der Waals surface area (Å²) in [6.45, 7) is 0. The van der Waals surface area contributed by atoms with Gasteiger partial charge in [-0.3, -0.25) is 9.59 Å². The molecule has 58 valence electrons. The number of hydrogen-bond donors (Lipinski definition) is 3. The minimum Gasteiger partial charge on any atom is -0.480 e. The lowest BCUT2D eigenvalue weighted by molar-refractivity contribution is -0.138. The Balaban J connectivity index is 6.02. The second kappa shape index (κ2) is 3.84. The monoisotopic (exact) mass is 163 g/mol. The maximum absolute atomic E-state index is 11.3. The highest BCUT2D eigenvalue weighted by Crippen LogP contribution is 1.92. The van der Waals surface area contributed by atoms with Crippen LogP contribution in [0.5, 0.6) is 0 Å². The third kappa shape index (κ3) is 3.85. The first-order chi connectivity index (χ1) is 8.78. The molecule has 10 heavy (non-hydrogen) atoms. The Morgan fingerprint density at radius 2 is 2.80 bits per heavy atom. The van der Waals surface area contributed by atoms with Crippen LogP contribution in [0.2, 0.25) is 5.65 Å². The van der Waals surface area contributed by atoms with Gasteiger partial charge in [0.1, 0.15) is 8.84 Å². The van der Waals surface area contributed by atoms with E-state index in [1.54, 1.807) is 0 Å². The van der Waals surface area contributed by atoms with Crippen molar-refractivity contribution in [1.29, 1.82) is 1.43 Å². The Morgan fingerprint density at radius 1 is 2.00 bits per heavy atom. The predicted octanol–water partition coefficient (Wildman–Crippen LogP) is -1.34. The Hall–Kier alpha value is -1.10. The van der Waals surface area contributed by atoms with Crippen LogP contribution in [0.25, 0.3) is 1.43 Å². The quantitative estimate of drug-likeness (QED) is 0.344. The molecule has 0 unspecified atom stereocenters. The normalized spacial score (nSPS) is 32.5. The molecule has 1 atom stereocenters. The Morgan fingerprint density at radius 3 is 3.30 bits per heavy atom. The molecule has 0 aromatic heterocycles. The van der Waals surface area contributed by atoms with Crippen LogP contribution in [0.15, 0.2) is 0 Å². The molecule has 0 aromatic rings. The molecule has 5 heteroatoms. The van der Waals surface area contributed by atoms with Crippen LogP contribution in [0.1, 0.15) is 19.6 Å². The lowest BCUT2D eigenvalue weighted by Gasteiger charge is -2.01. The summed E-state index contributed by atoms with van der Waals surface area (Å²) in [7, 11) is 0. The van der Waals surface area contributed by atoms with Crippen molar-refractivity contribution >= 4 is 11.9 Å². The molecule has 0 rings (SSSR count). The van der Waals surface area contributed by atoms with Crippen molar-refractivity contribution in [2.45, 2.75) is 18.8 Å². The lowest BCUT2D eigenvalue weighted by atomic mass is 11.1. The summed E-state index contributed by atoms with van der Waals surface area (Å²) in [6.07, 6.45) is -7.66. The lowest BCUT2D eigenvalue weighted by Crippen LogP contribution is -2.31. The number of rotatable bonds is 5. The van der Waals surface area contributed by atoms with Crippen molar-refractivity contribution < 1.29 is 27.2 Å². The Kier molecular flexibility index (Phi) is 0.665. The first kappa shape index (κ1) is 1.73. The maximum atomic E-state index is 11.3. The summed E-state index contributed by atoms with van der Waals surface area (Å²) >= 11 is 0. The van der Waals surface area contributed by atoms with Crippen molar-refractivity contribution in [2.75, 3.05) is 0 Å². The average Bonchev–Trinajstić information content (AvgIpc) is 2.34. The summed E-state index contributed by atoms with van der Waals surface area (Å²) in [5, 5.41) is 3.31. The molecule has 1 amide bonds. The highest BCUT2D eigenvalue weighted by atomic mass is 16.5. The molecule has 0 aliphatic heterocycles. The molecule has 0 fully saturated rings. The van der Waals surface area contributed by atoms with E-state index in [2.05, 4.69) is 5.11 Å². The molecule has 0 radical (unpaired) electrons. The standard InChI is InChI=1S/C5H10N2O3/c6-3(5(9)10)1-2-4(7)8/h3H,1-2,6H2,(H2,7,8)(H,9,10)/t3-/m0/s1/i1+1D2,2+1D2,3+1D,4+1,5+1,6+1,7+1/hD5. The van der Waals surface area contributed by atoms with Gasteiger partial charge in [-0.15, -0.1) is 0 Å². The number of carboxylic acid groups (broad SMARTS) is 1. The van der Waals surface area contributed by atoms with Crippen LogP contribution in [0.4, 0.5) is 0 Å². The number of hydrogen-bond acceptors (Lipinski definition) is 4. The van der Waals surface area contributed by atoms with Gasteiger partial charge >= 0.3 is 5.97 Å². The zero-order chi connectivity index (χ0) is 16.5. The molecule has 0 bridgehead atoms. The third-order valence-electron chi connectivity index (χ3n) is 0.481. The fourth-order valence-corrected chi connectivity index (χ4v) is 0.164. The van der Waals surface area contributed by atoms with Crippen molar-refractivity contribution in [1.82, 2.24) is 0 Å². The first-order valence-corrected chi connectivity index (χ1v) is 2.06. The molecule has 0 aromatic carbocycles. The van der Waals surface area contributed by atoms with Crippen LogP contribution < -0.4 is 11.4 Å². The SMILES string of the molecule is [2H]O[13C](=O)[13C@@]([2H])([15N]([2H])[2H])[13C]([2H])([2H])[13C]([2H])([2H])[13C](=O)[15N]([2H])[2H]. The number of carboxylic acids is 1. The largest absolute Gasteiger partial charge is 0.480 e. The smallest absolute Gasteiger partial charge is 0.320 e. The number of aliphatic carboxylic acids is 1. The van der Waals surface area contributed by atoms with Crippen molar-refractivity contribution in [2.24, 2.45) is 11.4 Å². The van der Waals surface area contributed by atoms with E-state index < -0.39 is 42.1 Å². The van der Waals surface area contributed by atoms with Crippen LogP contribution in [-0.2, 0) is 9.59 Å². The first-order valence-electron chi connectivity index (χ1n) is 6.76. The van der Waals surface area contributed by atoms with Gasteiger partial charge in [-0.25, -0.2) is 0 Å². The second-order valence-corrected chi connectivity index (χ2v) is 1.19. The highest BCUT2D eigenvalue weighted by Gasteiger charge is 2.11. The molecule has 0 aliphatic rings. The van der Waals surface area contributed by atoms with Crippen LogP contribution >= 0.6 is 0 Å². The van der Waals surface area contributed by atoms with Crippen LogP contribution in [0, 0.1) is 0 Å². The van der Waals surface area contributed by atoms with E-state index in [0.717, 1.165) is 0 Å². The van der Waals surface area contributed by atoms with Crippen LogP contribution in [0.3, 0.4) is 0 Å². The molecule has 0 aliphatic carbocycles. The number of nitrogens with two attached hydrogens (primary N) is 2. The number of carbonyl (C=O) groups excluding carboxylic acids is 1. The molecular formula is C5H10N2O3. The van der Waals surface area contributed by atoms with Gasteiger partial charge in [0, 0.05) is 11.9 Å². The van der Waals surface area contributed by atoms with Gasteiger partial charge in [0.2, 0.25) is 5.91 Å². The molecular weight excluding hydrogens is 143 g/mol. The number of carbonyl (C=O) groups is 2. The minimum atomic E-state index is -3.88. The number of primary amides is 1. The summed E-state index contributed by atoms with van der Waals surface area (Å²) in [6, 6.07) is -3.73. The van der Waals surface area contributed by atoms with E-state index in [0.29, 0.717) is 0 Å². The summed E-state index contributed by atoms with van der Waals surface area (Å²) in [5.41, 5.74) is -1.67. The van der Waals surface area contributed by atoms with Gasteiger partial charge in [0.25, 0.3) is 1.43 Å². The molecule has 0 spiro atoms. The Bertz CT molecular complexity index is 400. The zero-order valence-electron chi connectivity index (χ0n) is 14.6. The number of amides is 1. The summed E-state index contributed by atoms with van der Waals surface area (Å²) in [4.78, 5) is 22.6. The van der Waals surface area contributed by atoms with Crippen molar-refractivity contribution in [3.63, 3.8) is 0 Å². The second-order valence-electron chi connectivity index (χ2n) is 1.19. The Labute approximate surface area is 72.4 Å². The van der Waals surface area contributed by atoms with Crippen LogP contribution in [-0.4, -0.2) is 23.0 Å². The van der Waals surface area contributed by atoms with E-state index >= 15 is 0 Å². The summed E-state index contributed by atoms with van der Waals surface area (Å²) in [5.74, 6) is -4.19. The minimum absolute atomic E-state index is 0.803. The highest BCUT2D eigenvalue weighted by molar-refractivity contribution is 5.76. The fourth-order valence-electron chi connectivity index (χ4n) is 0.164. The molecule has 5 nitrogen and oxygen atoms in total. The van der Waals surface area contributed by atoms with Gasteiger partial charge in [-0.05, 0) is 6.37 Å². The third-order valence-corrected chi connectivity index (χ3v) is 0.481. The fraction of sp³-hybridized carbons (Fsp3) is 0.600. The van der Waals surface area contributed by atoms with Gasteiger partial charge in [-0.1, -0.05) is 0 Å². The topological polar surface area (TPSA) is 106 Å². The van der Waals surface area contributed by atoms with Gasteiger partial charge in [-0.2, -0.15) is 0 Å². The van der Waals surface area contributed by atoms with Crippen molar-refractivity contribution in [3.05, 3.63) is 0 Å². The molecule has 0 saturated heterocycles. The van der Waals surface area contributed by atoms with E-state index in [1.807, 2.05) is 0 Å². The van der Waals surface area contributed by atoms with E-state index in [1.165, 1.54) is 0 Å². The van der Waals surface area contributed by atoms with Crippen molar-refractivity contribution in [3.8, 4) is 0 Å². The van der Waals surface area contributed by atoms with Gasteiger partial charge < -0.3 is 16.5 Å². The molecule has 5 N–H and O–H groups in total. The predicted molar refractivity (Wildman–Crippen MR) is 34.0 cm³/mol. The molecule has 0 heterocycles. The summed E-state index contributed by atoms with van der Waals surface area (Å²) < 4.78 is 70.0. The van der Waals surface area contributed by atoms with E-state index in [-0.39, 0.29) is 0 Å². The van der Waals surface area contributed by atoms with E-state index in [4.69, 9.17) is 13.9 Å². The maximum Gasteiger partial charge on any atom is 0.320 e. The zero-order valence-corrected chi connectivity index (χ0v) is 4.62.